The van der Waals surface area contributed by atoms with Crippen LogP contribution in [0.25, 0.3) is 0 Å². The molecule has 0 heterocycles. The predicted molar refractivity (Wildman–Crippen MR) is 61.8 cm³/mol. The van der Waals surface area contributed by atoms with E-state index in [-0.39, 0.29) is 0 Å². The van der Waals surface area contributed by atoms with E-state index in [0.29, 0.717) is 26.4 Å². The van der Waals surface area contributed by atoms with Gasteiger partial charge in [-0.2, -0.15) is 0 Å². The lowest BCUT2D eigenvalue weighted by atomic mass is 10.4. The summed E-state index contributed by atoms with van der Waals surface area (Å²) in [6.07, 6.45) is 3.91. The highest BCUT2D eigenvalue weighted by molar-refractivity contribution is 5.57. The second-order valence-corrected chi connectivity index (χ2v) is 3.09. The minimum absolute atomic E-state index is 0.634. The molecule has 0 bridgehead atoms. The van der Waals surface area contributed by atoms with Crippen LogP contribution >= 0.6 is 0 Å². The molecular weight excluding hydrogens is 194 g/mol. The van der Waals surface area contributed by atoms with Gasteiger partial charge in [0.2, 0.25) is 0 Å². The lowest BCUT2D eigenvalue weighted by Crippen LogP contribution is -2.08. The van der Waals surface area contributed by atoms with Crippen LogP contribution in [0, 0.1) is 0 Å². The van der Waals surface area contributed by atoms with Crippen LogP contribution in [0.2, 0.25) is 0 Å². The summed E-state index contributed by atoms with van der Waals surface area (Å²) in [5.41, 5.74) is 0. The highest BCUT2D eigenvalue weighted by atomic mass is 16.5. The maximum atomic E-state index is 5.34. The Morgan fingerprint density at radius 3 is 2.33 bits per heavy atom. The largest absolute Gasteiger partial charge is 0.382 e. The average molecular weight is 217 g/mol. The Balaban J connectivity index is 2.92. The molecule has 0 unspecified atom stereocenters. The van der Waals surface area contributed by atoms with Crippen molar-refractivity contribution >= 4 is 6.21 Å². The van der Waals surface area contributed by atoms with Crippen molar-refractivity contribution in [1.82, 2.24) is 0 Å². The van der Waals surface area contributed by atoms with Crippen molar-refractivity contribution in [2.45, 2.75) is 19.8 Å². The molecule has 0 fully saturated rings. The second kappa shape index (κ2) is 13.5. The Kier molecular flexibility index (Phi) is 13.1. The van der Waals surface area contributed by atoms with Gasteiger partial charge in [-0.25, -0.2) is 0 Å². The van der Waals surface area contributed by atoms with Crippen LogP contribution in [0.1, 0.15) is 19.8 Å². The first-order valence-electron chi connectivity index (χ1n) is 5.54. The zero-order chi connectivity index (χ0) is 11.2. The van der Waals surface area contributed by atoms with Crippen molar-refractivity contribution < 1.29 is 14.2 Å². The van der Waals surface area contributed by atoms with Crippen molar-refractivity contribution in [1.29, 1.82) is 0 Å². The van der Waals surface area contributed by atoms with E-state index < -0.39 is 0 Å². The molecule has 0 aliphatic carbocycles. The summed E-state index contributed by atoms with van der Waals surface area (Å²) in [4.78, 5) is 4.20. The van der Waals surface area contributed by atoms with E-state index in [9.17, 15) is 0 Å². The van der Waals surface area contributed by atoms with Gasteiger partial charge in [0.25, 0.3) is 0 Å². The van der Waals surface area contributed by atoms with Gasteiger partial charge in [0.15, 0.2) is 0 Å². The van der Waals surface area contributed by atoms with E-state index >= 15 is 0 Å². The second-order valence-electron chi connectivity index (χ2n) is 3.09. The molecule has 0 saturated carbocycles. The third-order valence-corrected chi connectivity index (χ3v) is 1.68. The molecule has 0 aromatic heterocycles. The van der Waals surface area contributed by atoms with E-state index in [1.807, 2.05) is 6.21 Å². The summed E-state index contributed by atoms with van der Waals surface area (Å²) < 4.78 is 15.4. The summed E-state index contributed by atoms with van der Waals surface area (Å²) in [7, 11) is 1.66. The van der Waals surface area contributed by atoms with E-state index in [1.54, 1.807) is 7.11 Å². The summed E-state index contributed by atoms with van der Waals surface area (Å²) in [6, 6.07) is 0. The summed E-state index contributed by atoms with van der Waals surface area (Å²) >= 11 is 0. The van der Waals surface area contributed by atoms with Crippen LogP contribution < -0.4 is 0 Å². The van der Waals surface area contributed by atoms with E-state index in [2.05, 4.69) is 11.9 Å². The number of aliphatic imine (C=N–C) groups is 1. The fourth-order valence-corrected chi connectivity index (χ4v) is 0.912. The first-order valence-corrected chi connectivity index (χ1v) is 5.54. The molecule has 0 rings (SSSR count). The van der Waals surface area contributed by atoms with Gasteiger partial charge in [-0.1, -0.05) is 6.92 Å². The van der Waals surface area contributed by atoms with Crippen LogP contribution in [0.3, 0.4) is 0 Å². The van der Waals surface area contributed by atoms with Crippen molar-refractivity contribution in [3.63, 3.8) is 0 Å². The molecule has 4 nitrogen and oxygen atoms in total. The number of rotatable bonds is 11. The van der Waals surface area contributed by atoms with E-state index in [1.165, 1.54) is 0 Å². The molecule has 0 aliphatic rings. The van der Waals surface area contributed by atoms with Crippen molar-refractivity contribution in [2.24, 2.45) is 4.99 Å². The van der Waals surface area contributed by atoms with Crippen LogP contribution in [-0.2, 0) is 14.2 Å². The van der Waals surface area contributed by atoms with Crippen molar-refractivity contribution in [3.8, 4) is 0 Å². The fraction of sp³-hybridized carbons (Fsp3) is 0.909. The normalized spacial score (nSPS) is 11.3. The molecule has 0 amide bonds. The van der Waals surface area contributed by atoms with Crippen LogP contribution in [-0.4, -0.2) is 52.9 Å². The molecule has 0 aromatic rings. The summed E-state index contributed by atoms with van der Waals surface area (Å²) in [5.74, 6) is 0. The van der Waals surface area contributed by atoms with Gasteiger partial charge in [0, 0.05) is 26.3 Å². The maximum Gasteiger partial charge on any atom is 0.0701 e. The molecule has 15 heavy (non-hydrogen) atoms. The monoisotopic (exact) mass is 217 g/mol. The van der Waals surface area contributed by atoms with E-state index in [0.717, 1.165) is 26.0 Å². The SMILES string of the molecule is CCC/N=C\CCOCCOCCOC. The average Bonchev–Trinajstić information content (AvgIpc) is 2.26. The quantitative estimate of drug-likeness (QED) is 0.389. The fourth-order valence-electron chi connectivity index (χ4n) is 0.912. The molecule has 0 N–H and O–H groups in total. The lowest BCUT2D eigenvalue weighted by Gasteiger charge is -2.03. The minimum Gasteiger partial charge on any atom is -0.382 e. The molecule has 0 spiro atoms. The molecule has 0 aromatic carbocycles. The highest BCUT2D eigenvalue weighted by Crippen LogP contribution is 1.83. The van der Waals surface area contributed by atoms with Gasteiger partial charge in [-0.3, -0.25) is 4.99 Å². The van der Waals surface area contributed by atoms with Gasteiger partial charge in [0.1, 0.15) is 0 Å². The number of methoxy groups -OCH3 is 1. The predicted octanol–water partition coefficient (Wildman–Crippen LogP) is 1.54. The zero-order valence-electron chi connectivity index (χ0n) is 9.91. The zero-order valence-corrected chi connectivity index (χ0v) is 9.91. The van der Waals surface area contributed by atoms with Crippen LogP contribution in [0.15, 0.2) is 4.99 Å². The number of hydrogen-bond donors (Lipinski definition) is 0. The third kappa shape index (κ3) is 13.6. The van der Waals surface area contributed by atoms with Crippen molar-refractivity contribution in [2.75, 3.05) is 46.7 Å². The molecular formula is C11H23NO3. The molecule has 0 atom stereocenters. The first kappa shape index (κ1) is 14.6. The molecule has 0 aliphatic heterocycles. The molecule has 0 radical (unpaired) electrons. The minimum atomic E-state index is 0.634. The Morgan fingerprint density at radius 2 is 1.67 bits per heavy atom. The Morgan fingerprint density at radius 1 is 1.00 bits per heavy atom. The topological polar surface area (TPSA) is 40.0 Å². The van der Waals surface area contributed by atoms with E-state index in [4.69, 9.17) is 14.2 Å². The number of hydrogen-bond acceptors (Lipinski definition) is 4. The Hall–Kier alpha value is -0.450. The van der Waals surface area contributed by atoms with Crippen LogP contribution in [0.4, 0.5) is 0 Å². The number of ether oxygens (including phenoxy) is 3. The Bertz CT molecular complexity index is 140. The molecule has 0 saturated heterocycles. The van der Waals surface area contributed by atoms with Crippen molar-refractivity contribution in [3.05, 3.63) is 0 Å². The highest BCUT2D eigenvalue weighted by Gasteiger charge is 1.88. The maximum absolute atomic E-state index is 5.34. The molecule has 4 heteroatoms. The van der Waals surface area contributed by atoms with Gasteiger partial charge >= 0.3 is 0 Å². The van der Waals surface area contributed by atoms with Gasteiger partial charge in [-0.15, -0.1) is 0 Å². The van der Waals surface area contributed by atoms with Gasteiger partial charge in [-0.05, 0) is 6.42 Å². The Labute approximate surface area is 92.6 Å². The molecule has 90 valence electrons. The number of nitrogens with zero attached hydrogens (tertiary/aromatic N) is 1. The van der Waals surface area contributed by atoms with Gasteiger partial charge in [0.05, 0.1) is 33.0 Å². The van der Waals surface area contributed by atoms with Gasteiger partial charge < -0.3 is 14.2 Å². The first-order chi connectivity index (χ1) is 7.41. The summed E-state index contributed by atoms with van der Waals surface area (Å²) in [6.45, 7) is 6.31. The van der Waals surface area contributed by atoms with Crippen LogP contribution in [0.5, 0.6) is 0 Å². The summed E-state index contributed by atoms with van der Waals surface area (Å²) in [5, 5.41) is 0. The standard InChI is InChI=1S/C11H23NO3/c1-3-5-12-6-4-7-14-10-11-15-9-8-13-2/h6H,3-5,7-11H2,1-2H3/b12-6-. The smallest absolute Gasteiger partial charge is 0.0701 e. The lowest BCUT2D eigenvalue weighted by molar-refractivity contribution is 0.0266. The third-order valence-electron chi connectivity index (χ3n) is 1.68.